The van der Waals surface area contributed by atoms with Crippen LogP contribution in [0.1, 0.15) is 11.1 Å². The van der Waals surface area contributed by atoms with Crippen LogP contribution in [0.4, 0.5) is 35.0 Å². The van der Waals surface area contributed by atoms with E-state index >= 15 is 0 Å². The van der Waals surface area contributed by atoms with Crippen molar-refractivity contribution < 1.29 is 18.0 Å². The number of carbonyl (C=O) groups excluding carboxylic acids is 1. The molecule has 3 rings (SSSR count). The molecule has 6 nitrogen and oxygen atoms in total. The number of anilines is 3. The van der Waals surface area contributed by atoms with Crippen LogP contribution < -0.4 is 16.0 Å². The Morgan fingerprint density at radius 3 is 2.37 bits per heavy atom. The molecule has 0 saturated carbocycles. The molecule has 1 heterocycles. The topological polar surface area (TPSA) is 81.8 Å². The molecule has 1 aromatic heterocycles. The third-order valence-corrected chi connectivity index (χ3v) is 3.63. The van der Waals surface area contributed by atoms with Gasteiger partial charge < -0.3 is 16.0 Å². The number of hydrogen-bond acceptors (Lipinski definition) is 3. The third kappa shape index (κ3) is 5.24. The maximum atomic E-state index is 12.7. The highest BCUT2D eigenvalue weighted by molar-refractivity contribution is 5.99. The summed E-state index contributed by atoms with van der Waals surface area (Å²) >= 11 is 0. The third-order valence-electron chi connectivity index (χ3n) is 3.63. The second kappa shape index (κ2) is 7.81. The Bertz CT molecular complexity index is 909. The number of nitrogens with one attached hydrogen (secondary N) is 4. The summed E-state index contributed by atoms with van der Waals surface area (Å²) in [5, 5.41) is 14.7. The van der Waals surface area contributed by atoms with Gasteiger partial charge in [0.1, 0.15) is 0 Å². The van der Waals surface area contributed by atoms with Crippen molar-refractivity contribution in [2.24, 2.45) is 0 Å². The normalized spacial score (nSPS) is 11.1. The van der Waals surface area contributed by atoms with Crippen LogP contribution in [0, 0.1) is 0 Å². The molecule has 2 aromatic carbocycles. The van der Waals surface area contributed by atoms with Crippen molar-refractivity contribution >= 4 is 23.1 Å². The number of alkyl halides is 3. The number of H-pyrrole nitrogens is 1. The van der Waals surface area contributed by atoms with E-state index in [0.29, 0.717) is 12.2 Å². The first-order chi connectivity index (χ1) is 12.9. The summed E-state index contributed by atoms with van der Waals surface area (Å²) in [6, 6.07) is 10.9. The largest absolute Gasteiger partial charge is 0.416 e. The molecule has 0 atom stereocenters. The zero-order valence-electron chi connectivity index (χ0n) is 14.0. The van der Waals surface area contributed by atoms with Gasteiger partial charge in [-0.15, -0.1) is 0 Å². The van der Waals surface area contributed by atoms with E-state index in [-0.39, 0.29) is 5.69 Å². The summed E-state index contributed by atoms with van der Waals surface area (Å²) < 4.78 is 38.2. The van der Waals surface area contributed by atoms with Crippen molar-refractivity contribution in [1.29, 1.82) is 0 Å². The Labute approximate surface area is 152 Å². The van der Waals surface area contributed by atoms with E-state index in [1.165, 1.54) is 12.1 Å². The zero-order chi connectivity index (χ0) is 19.3. The maximum Gasteiger partial charge on any atom is 0.416 e. The highest BCUT2D eigenvalue weighted by atomic mass is 19.4. The molecule has 3 aromatic rings. The van der Waals surface area contributed by atoms with Crippen LogP contribution in [0.3, 0.4) is 0 Å². The van der Waals surface area contributed by atoms with E-state index in [4.69, 9.17) is 0 Å². The summed E-state index contributed by atoms with van der Waals surface area (Å²) in [6.45, 7) is 0.518. The fraction of sp³-hybridized carbons (Fsp3) is 0.111. The molecule has 0 radical (unpaired) electrons. The first kappa shape index (κ1) is 18.3. The van der Waals surface area contributed by atoms with E-state index in [9.17, 15) is 18.0 Å². The fourth-order valence-corrected chi connectivity index (χ4v) is 2.38. The van der Waals surface area contributed by atoms with E-state index in [2.05, 4.69) is 26.1 Å². The molecule has 0 unspecified atom stereocenters. The van der Waals surface area contributed by atoms with E-state index in [1.807, 2.05) is 6.07 Å². The van der Waals surface area contributed by atoms with Gasteiger partial charge in [-0.2, -0.15) is 18.3 Å². The Morgan fingerprint density at radius 2 is 1.70 bits per heavy atom. The second-order valence-corrected chi connectivity index (χ2v) is 5.70. The monoisotopic (exact) mass is 375 g/mol. The fourth-order valence-electron chi connectivity index (χ4n) is 2.38. The smallest absolute Gasteiger partial charge is 0.378 e. The number of nitrogens with zero attached hydrogens (tertiary/aromatic N) is 1. The SMILES string of the molecule is O=C(Nc1cccc(CNc2cn[nH]c2)c1)Nc1cccc(C(F)(F)F)c1. The number of aromatic amines is 1. The molecule has 9 heteroatoms. The molecule has 0 spiro atoms. The molecule has 4 N–H and O–H groups in total. The minimum atomic E-state index is -4.47. The van der Waals surface area contributed by atoms with Crippen molar-refractivity contribution in [1.82, 2.24) is 10.2 Å². The van der Waals surface area contributed by atoms with Gasteiger partial charge >= 0.3 is 12.2 Å². The molecule has 0 aliphatic heterocycles. The van der Waals surface area contributed by atoms with E-state index in [0.717, 1.165) is 23.4 Å². The number of aromatic nitrogens is 2. The van der Waals surface area contributed by atoms with Gasteiger partial charge in [-0.05, 0) is 35.9 Å². The molecule has 0 saturated heterocycles. The number of carbonyl (C=O) groups is 1. The van der Waals surface area contributed by atoms with E-state index in [1.54, 1.807) is 30.6 Å². The second-order valence-electron chi connectivity index (χ2n) is 5.70. The minimum Gasteiger partial charge on any atom is -0.378 e. The lowest BCUT2D eigenvalue weighted by Gasteiger charge is -2.11. The van der Waals surface area contributed by atoms with Crippen LogP contribution in [-0.4, -0.2) is 16.2 Å². The van der Waals surface area contributed by atoms with E-state index < -0.39 is 17.8 Å². The summed E-state index contributed by atoms with van der Waals surface area (Å²) in [5.41, 5.74) is 1.49. The van der Waals surface area contributed by atoms with Crippen molar-refractivity contribution in [3.05, 3.63) is 72.1 Å². The predicted octanol–water partition coefficient (Wildman–Crippen LogP) is 4.68. The van der Waals surface area contributed by atoms with Gasteiger partial charge in [-0.1, -0.05) is 18.2 Å². The number of halogens is 3. The lowest BCUT2D eigenvalue weighted by atomic mass is 10.2. The van der Waals surface area contributed by atoms with Crippen molar-refractivity contribution in [2.75, 3.05) is 16.0 Å². The van der Waals surface area contributed by atoms with Crippen LogP contribution in [0.15, 0.2) is 60.9 Å². The van der Waals surface area contributed by atoms with Crippen LogP contribution in [0.2, 0.25) is 0 Å². The van der Waals surface area contributed by atoms with Gasteiger partial charge in [-0.25, -0.2) is 4.79 Å². The molecule has 0 bridgehead atoms. The van der Waals surface area contributed by atoms with Gasteiger partial charge in [-0.3, -0.25) is 5.10 Å². The Kier molecular flexibility index (Phi) is 5.30. The number of hydrogen-bond donors (Lipinski definition) is 4. The lowest BCUT2D eigenvalue weighted by Crippen LogP contribution is -2.20. The standard InChI is InChI=1S/C18H16F3N5O/c19-18(20,21)13-4-2-6-15(8-13)26-17(27)25-14-5-1-3-12(7-14)9-22-16-10-23-24-11-16/h1-8,10-11,22H,9H2,(H,23,24)(H2,25,26,27). The van der Waals surface area contributed by atoms with Crippen LogP contribution in [0.5, 0.6) is 0 Å². The van der Waals surface area contributed by atoms with Crippen molar-refractivity contribution in [3.63, 3.8) is 0 Å². The molecular weight excluding hydrogens is 359 g/mol. The first-order valence-electron chi connectivity index (χ1n) is 7.97. The average molecular weight is 375 g/mol. The van der Waals surface area contributed by atoms with Gasteiger partial charge in [0.05, 0.1) is 17.4 Å². The molecule has 140 valence electrons. The highest BCUT2D eigenvalue weighted by Crippen LogP contribution is 2.30. The summed E-state index contributed by atoms with van der Waals surface area (Å²) in [5.74, 6) is 0. The summed E-state index contributed by atoms with van der Waals surface area (Å²) in [6.07, 6.45) is -1.11. The average Bonchev–Trinajstić information content (AvgIpc) is 3.13. The number of amides is 2. The van der Waals surface area contributed by atoms with Crippen molar-refractivity contribution in [2.45, 2.75) is 12.7 Å². The molecule has 0 aliphatic rings. The Balaban J connectivity index is 1.60. The van der Waals surface area contributed by atoms with Gasteiger partial charge in [0, 0.05) is 24.1 Å². The van der Waals surface area contributed by atoms with Gasteiger partial charge in [0.15, 0.2) is 0 Å². The van der Waals surface area contributed by atoms with Gasteiger partial charge in [0.25, 0.3) is 0 Å². The molecule has 0 fully saturated rings. The minimum absolute atomic E-state index is 0.0557. The summed E-state index contributed by atoms with van der Waals surface area (Å²) in [7, 11) is 0. The zero-order valence-corrected chi connectivity index (χ0v) is 14.0. The van der Waals surface area contributed by atoms with Crippen LogP contribution in [-0.2, 0) is 12.7 Å². The number of benzene rings is 2. The van der Waals surface area contributed by atoms with Crippen molar-refractivity contribution in [3.8, 4) is 0 Å². The highest BCUT2D eigenvalue weighted by Gasteiger charge is 2.30. The van der Waals surface area contributed by atoms with Gasteiger partial charge in [0.2, 0.25) is 0 Å². The maximum absolute atomic E-state index is 12.7. The van der Waals surface area contributed by atoms with Crippen LogP contribution >= 0.6 is 0 Å². The quantitative estimate of drug-likeness (QED) is 0.522. The first-order valence-corrected chi connectivity index (χ1v) is 7.97. The molecule has 2 amide bonds. The molecular formula is C18H16F3N5O. The summed E-state index contributed by atoms with van der Waals surface area (Å²) in [4.78, 5) is 12.1. The molecule has 27 heavy (non-hydrogen) atoms. The lowest BCUT2D eigenvalue weighted by molar-refractivity contribution is -0.137. The number of rotatable bonds is 5. The Hall–Kier alpha value is -3.49. The van der Waals surface area contributed by atoms with Crippen LogP contribution in [0.25, 0.3) is 0 Å². The number of urea groups is 1. The Morgan fingerprint density at radius 1 is 1.00 bits per heavy atom. The predicted molar refractivity (Wildman–Crippen MR) is 96.4 cm³/mol. The molecule has 0 aliphatic carbocycles.